The zero-order valence-corrected chi connectivity index (χ0v) is 10.4. The van der Waals surface area contributed by atoms with Crippen molar-refractivity contribution in [1.29, 1.82) is 0 Å². The smallest absolute Gasteiger partial charge is 0.279 e. The number of likely N-dealkylation sites (N-methyl/N-ethyl adjacent to an activating group) is 1. The van der Waals surface area contributed by atoms with Crippen LogP contribution in [0.5, 0.6) is 0 Å². The number of nitrogens with two attached hydrogens (primary N) is 1. The van der Waals surface area contributed by atoms with Crippen LogP contribution in [0.25, 0.3) is 0 Å². The number of hydrogen-bond acceptors (Lipinski definition) is 5. The van der Waals surface area contributed by atoms with Crippen molar-refractivity contribution in [2.24, 2.45) is 10.9 Å². The van der Waals surface area contributed by atoms with E-state index in [1.54, 1.807) is 0 Å². The standard InChI is InChI=1S/C7H18N4O4S/c1-6(7(8)10-12)11(2)16(13,14)9-4-5-15-3/h6,9,12H,4-5H2,1-3H3,(H2,8,10). The molecule has 0 aliphatic heterocycles. The quantitative estimate of drug-likeness (QED) is 0.169. The normalized spacial score (nSPS) is 15.4. The minimum absolute atomic E-state index is 0.159. The molecule has 0 aromatic carbocycles. The minimum atomic E-state index is -3.66. The highest BCUT2D eigenvalue weighted by atomic mass is 32.2. The van der Waals surface area contributed by atoms with Gasteiger partial charge in [0.2, 0.25) is 0 Å². The summed E-state index contributed by atoms with van der Waals surface area (Å²) < 4.78 is 31.3. The van der Waals surface area contributed by atoms with E-state index in [-0.39, 0.29) is 19.0 Å². The van der Waals surface area contributed by atoms with E-state index in [0.29, 0.717) is 0 Å². The zero-order valence-electron chi connectivity index (χ0n) is 9.54. The minimum Gasteiger partial charge on any atom is -0.409 e. The molecule has 0 heterocycles. The highest BCUT2D eigenvalue weighted by Crippen LogP contribution is 2.01. The molecule has 0 saturated carbocycles. The molecule has 4 N–H and O–H groups in total. The monoisotopic (exact) mass is 254 g/mol. The molecule has 0 bridgehead atoms. The maximum absolute atomic E-state index is 11.6. The fraction of sp³-hybridized carbons (Fsp3) is 0.857. The van der Waals surface area contributed by atoms with Gasteiger partial charge in [-0.2, -0.15) is 17.4 Å². The number of rotatable bonds is 7. The Morgan fingerprint density at radius 1 is 1.69 bits per heavy atom. The first-order chi connectivity index (χ1) is 7.36. The molecule has 0 radical (unpaired) electrons. The van der Waals surface area contributed by atoms with Gasteiger partial charge in [-0.15, -0.1) is 0 Å². The van der Waals surface area contributed by atoms with Crippen molar-refractivity contribution in [1.82, 2.24) is 9.03 Å². The summed E-state index contributed by atoms with van der Waals surface area (Å²) in [5, 5.41) is 11.2. The molecule has 16 heavy (non-hydrogen) atoms. The van der Waals surface area contributed by atoms with Crippen LogP contribution in [0.3, 0.4) is 0 Å². The van der Waals surface area contributed by atoms with Gasteiger partial charge in [-0.1, -0.05) is 5.16 Å². The van der Waals surface area contributed by atoms with E-state index in [9.17, 15) is 8.42 Å². The van der Waals surface area contributed by atoms with E-state index in [2.05, 4.69) is 9.88 Å². The van der Waals surface area contributed by atoms with Gasteiger partial charge in [0, 0.05) is 20.7 Å². The lowest BCUT2D eigenvalue weighted by atomic mass is 10.3. The second-order valence-corrected chi connectivity index (χ2v) is 4.92. The molecule has 0 rings (SSSR count). The highest BCUT2D eigenvalue weighted by Gasteiger charge is 2.25. The van der Waals surface area contributed by atoms with Gasteiger partial charge in [0.25, 0.3) is 10.2 Å². The summed E-state index contributed by atoms with van der Waals surface area (Å²) in [6, 6.07) is -0.731. The molecule has 96 valence electrons. The van der Waals surface area contributed by atoms with Crippen LogP contribution in [0.4, 0.5) is 0 Å². The van der Waals surface area contributed by atoms with Crippen LogP contribution in [0, 0.1) is 0 Å². The van der Waals surface area contributed by atoms with Gasteiger partial charge in [0.15, 0.2) is 5.84 Å². The molecule has 0 aliphatic rings. The second-order valence-electron chi connectivity index (χ2n) is 3.11. The summed E-state index contributed by atoms with van der Waals surface area (Å²) >= 11 is 0. The van der Waals surface area contributed by atoms with Crippen LogP contribution in [0.15, 0.2) is 5.16 Å². The Kier molecular flexibility index (Phi) is 6.26. The molecule has 1 unspecified atom stereocenters. The van der Waals surface area contributed by atoms with Crippen LogP contribution in [-0.2, 0) is 14.9 Å². The van der Waals surface area contributed by atoms with E-state index in [4.69, 9.17) is 15.7 Å². The fourth-order valence-corrected chi connectivity index (χ4v) is 1.92. The third kappa shape index (κ3) is 4.31. The summed E-state index contributed by atoms with van der Waals surface area (Å²) in [6.07, 6.45) is 0. The largest absolute Gasteiger partial charge is 0.409 e. The molecular weight excluding hydrogens is 236 g/mol. The number of oxime groups is 1. The lowest BCUT2D eigenvalue weighted by Crippen LogP contribution is -2.48. The number of nitrogens with one attached hydrogen (secondary N) is 1. The third-order valence-corrected chi connectivity index (χ3v) is 3.70. The molecule has 0 aromatic heterocycles. The number of amidine groups is 1. The molecule has 1 atom stereocenters. The first-order valence-corrected chi connectivity index (χ1v) is 5.99. The topological polar surface area (TPSA) is 117 Å². The van der Waals surface area contributed by atoms with Gasteiger partial charge in [-0.25, -0.2) is 0 Å². The molecule has 0 saturated heterocycles. The second kappa shape index (κ2) is 6.63. The van der Waals surface area contributed by atoms with E-state index >= 15 is 0 Å². The zero-order chi connectivity index (χ0) is 12.8. The lowest BCUT2D eigenvalue weighted by Gasteiger charge is -2.23. The van der Waals surface area contributed by atoms with Crippen molar-refractivity contribution in [3.8, 4) is 0 Å². The number of nitrogens with zero attached hydrogens (tertiary/aromatic N) is 2. The Morgan fingerprint density at radius 2 is 2.25 bits per heavy atom. The lowest BCUT2D eigenvalue weighted by molar-refractivity contribution is 0.203. The van der Waals surface area contributed by atoms with Gasteiger partial charge in [-0.05, 0) is 6.92 Å². The summed E-state index contributed by atoms with van der Waals surface area (Å²) in [5.41, 5.74) is 5.31. The SMILES string of the molecule is COCCNS(=O)(=O)N(C)C(C)C(N)=NO. The summed E-state index contributed by atoms with van der Waals surface area (Å²) in [7, 11) is -0.855. The molecule has 0 amide bonds. The van der Waals surface area contributed by atoms with Crippen molar-refractivity contribution in [2.75, 3.05) is 27.3 Å². The predicted octanol–water partition coefficient (Wildman–Crippen LogP) is -1.47. The molecule has 0 aliphatic carbocycles. The molecule has 0 spiro atoms. The first-order valence-electron chi connectivity index (χ1n) is 4.55. The van der Waals surface area contributed by atoms with E-state index < -0.39 is 16.3 Å². The Balaban J connectivity index is 4.51. The predicted molar refractivity (Wildman–Crippen MR) is 59.4 cm³/mol. The Bertz CT molecular complexity index is 329. The van der Waals surface area contributed by atoms with Gasteiger partial charge in [0.1, 0.15) is 0 Å². The number of hydrogen-bond donors (Lipinski definition) is 3. The molecule has 0 aromatic rings. The molecule has 9 heteroatoms. The van der Waals surface area contributed by atoms with E-state index in [0.717, 1.165) is 4.31 Å². The van der Waals surface area contributed by atoms with Crippen molar-refractivity contribution in [3.05, 3.63) is 0 Å². The Morgan fingerprint density at radius 3 is 2.69 bits per heavy atom. The van der Waals surface area contributed by atoms with Crippen LogP contribution in [0.1, 0.15) is 6.92 Å². The molecule has 8 nitrogen and oxygen atoms in total. The third-order valence-electron chi connectivity index (χ3n) is 2.06. The average Bonchev–Trinajstić information content (AvgIpc) is 2.26. The Hall–Kier alpha value is -0.900. The van der Waals surface area contributed by atoms with Crippen LogP contribution in [0.2, 0.25) is 0 Å². The van der Waals surface area contributed by atoms with E-state index in [1.165, 1.54) is 21.1 Å². The van der Waals surface area contributed by atoms with Crippen LogP contribution >= 0.6 is 0 Å². The van der Waals surface area contributed by atoms with Gasteiger partial charge in [0.05, 0.1) is 12.6 Å². The highest BCUT2D eigenvalue weighted by molar-refractivity contribution is 7.87. The van der Waals surface area contributed by atoms with E-state index in [1.807, 2.05) is 0 Å². The van der Waals surface area contributed by atoms with Crippen molar-refractivity contribution >= 4 is 16.0 Å². The summed E-state index contributed by atoms with van der Waals surface area (Å²) in [4.78, 5) is 0. The van der Waals surface area contributed by atoms with Gasteiger partial charge < -0.3 is 15.7 Å². The van der Waals surface area contributed by atoms with Crippen molar-refractivity contribution in [3.63, 3.8) is 0 Å². The average molecular weight is 254 g/mol. The molecular formula is C7H18N4O4S. The number of ether oxygens (including phenoxy) is 1. The van der Waals surface area contributed by atoms with Crippen LogP contribution in [-0.4, -0.2) is 57.1 Å². The van der Waals surface area contributed by atoms with Crippen LogP contribution < -0.4 is 10.5 Å². The maximum atomic E-state index is 11.6. The maximum Gasteiger partial charge on any atom is 0.279 e. The van der Waals surface area contributed by atoms with Crippen molar-refractivity contribution < 1.29 is 18.4 Å². The summed E-state index contributed by atoms with van der Waals surface area (Å²) in [5.74, 6) is -0.181. The van der Waals surface area contributed by atoms with Gasteiger partial charge >= 0.3 is 0 Å². The number of methoxy groups -OCH3 is 1. The fourth-order valence-electron chi connectivity index (χ4n) is 0.853. The first kappa shape index (κ1) is 15.1. The Labute approximate surface area is 95.2 Å². The van der Waals surface area contributed by atoms with Crippen molar-refractivity contribution in [2.45, 2.75) is 13.0 Å². The molecule has 0 fully saturated rings. The summed E-state index contributed by atoms with van der Waals surface area (Å²) in [6.45, 7) is 1.93. The van der Waals surface area contributed by atoms with Gasteiger partial charge in [-0.3, -0.25) is 0 Å².